The zero-order chi connectivity index (χ0) is 25.2. The highest BCUT2D eigenvalue weighted by Crippen LogP contribution is 2.22. The maximum atomic E-state index is 13.2. The second-order valence-electron chi connectivity index (χ2n) is 8.32. The lowest BCUT2D eigenvalue weighted by Gasteiger charge is -2.09. The van der Waals surface area contributed by atoms with Gasteiger partial charge in [-0.25, -0.2) is 9.07 Å². The number of halogens is 1. The predicted molar refractivity (Wildman–Crippen MR) is 135 cm³/mol. The number of carbonyl (C=O) groups is 1. The maximum absolute atomic E-state index is 13.2. The van der Waals surface area contributed by atoms with Gasteiger partial charge in [-0.2, -0.15) is 10.2 Å². The molecule has 9 nitrogen and oxygen atoms in total. The minimum atomic E-state index is -0.325. The van der Waals surface area contributed by atoms with Gasteiger partial charge in [0.1, 0.15) is 11.5 Å². The standard InChI is InChI=1S/C26H23FN8O/c1-16-14-17(2)35(32-16)25-13-12-24(30-31-25)28-20-8-10-21(11-9-20)29-26(36)23-15-22(33-34(23)3)18-4-6-19(27)7-5-18/h4-15H,1-3H3,(H,28,30)(H,29,36). The lowest BCUT2D eigenvalue weighted by atomic mass is 10.1. The average molecular weight is 483 g/mol. The topological polar surface area (TPSA) is 103 Å². The maximum Gasteiger partial charge on any atom is 0.273 e. The molecule has 0 fully saturated rings. The van der Waals surface area contributed by atoms with E-state index < -0.39 is 0 Å². The molecule has 0 aliphatic rings. The van der Waals surface area contributed by atoms with E-state index in [2.05, 4.69) is 31.0 Å². The number of nitrogens with zero attached hydrogens (tertiary/aromatic N) is 6. The Balaban J connectivity index is 1.23. The van der Waals surface area contributed by atoms with Gasteiger partial charge in [0.2, 0.25) is 0 Å². The molecular weight excluding hydrogens is 459 g/mol. The molecule has 3 heterocycles. The van der Waals surface area contributed by atoms with Crippen LogP contribution in [0.2, 0.25) is 0 Å². The molecule has 36 heavy (non-hydrogen) atoms. The monoisotopic (exact) mass is 482 g/mol. The lowest BCUT2D eigenvalue weighted by molar-refractivity contribution is 0.101. The fourth-order valence-corrected chi connectivity index (χ4v) is 3.79. The number of benzene rings is 2. The quantitative estimate of drug-likeness (QED) is 0.360. The summed E-state index contributed by atoms with van der Waals surface area (Å²) >= 11 is 0. The van der Waals surface area contributed by atoms with Crippen molar-refractivity contribution in [2.45, 2.75) is 13.8 Å². The largest absolute Gasteiger partial charge is 0.339 e. The van der Waals surface area contributed by atoms with Crippen LogP contribution in [0.25, 0.3) is 17.1 Å². The molecule has 0 aliphatic carbocycles. The molecule has 5 aromatic rings. The number of anilines is 3. The number of aryl methyl sites for hydroxylation is 3. The smallest absolute Gasteiger partial charge is 0.273 e. The van der Waals surface area contributed by atoms with E-state index in [1.807, 2.05) is 44.2 Å². The zero-order valence-electron chi connectivity index (χ0n) is 19.9. The summed E-state index contributed by atoms with van der Waals surface area (Å²) in [5.41, 5.74) is 5.02. The van der Waals surface area contributed by atoms with Gasteiger partial charge >= 0.3 is 0 Å². The summed E-state index contributed by atoms with van der Waals surface area (Å²) in [6.45, 7) is 3.90. The van der Waals surface area contributed by atoms with Crippen LogP contribution in [0.5, 0.6) is 0 Å². The number of rotatable bonds is 6. The molecule has 1 amide bonds. The fourth-order valence-electron chi connectivity index (χ4n) is 3.79. The minimum Gasteiger partial charge on any atom is -0.339 e. The molecule has 0 aliphatic heterocycles. The normalized spacial score (nSPS) is 10.9. The molecule has 180 valence electrons. The summed E-state index contributed by atoms with van der Waals surface area (Å²) in [5.74, 6) is 0.598. The van der Waals surface area contributed by atoms with E-state index in [1.54, 1.807) is 42.1 Å². The molecule has 0 unspecified atom stereocenters. The number of carbonyl (C=O) groups excluding carboxylic acids is 1. The van der Waals surface area contributed by atoms with Gasteiger partial charge < -0.3 is 10.6 Å². The fraction of sp³-hybridized carbons (Fsp3) is 0.115. The van der Waals surface area contributed by atoms with Gasteiger partial charge in [-0.15, -0.1) is 10.2 Å². The summed E-state index contributed by atoms with van der Waals surface area (Å²) in [5, 5.41) is 23.3. The second kappa shape index (κ2) is 9.41. The van der Waals surface area contributed by atoms with Gasteiger partial charge in [-0.05, 0) is 86.6 Å². The van der Waals surface area contributed by atoms with E-state index in [4.69, 9.17) is 0 Å². The third-order valence-corrected chi connectivity index (χ3v) is 5.54. The first-order chi connectivity index (χ1) is 17.4. The van der Waals surface area contributed by atoms with Gasteiger partial charge in [-0.3, -0.25) is 9.48 Å². The molecule has 0 spiro atoms. The van der Waals surface area contributed by atoms with Crippen LogP contribution in [-0.4, -0.2) is 35.7 Å². The highest BCUT2D eigenvalue weighted by molar-refractivity contribution is 6.03. The first kappa shape index (κ1) is 22.9. The Bertz CT molecular complexity index is 1520. The van der Waals surface area contributed by atoms with E-state index in [9.17, 15) is 9.18 Å². The summed E-state index contributed by atoms with van der Waals surface area (Å²) in [6.07, 6.45) is 0. The molecule has 2 aromatic carbocycles. The molecule has 5 rings (SSSR count). The summed E-state index contributed by atoms with van der Waals surface area (Å²) in [6, 6.07) is 20.5. The Labute approximate surface area is 206 Å². The molecule has 10 heteroatoms. The van der Waals surface area contributed by atoms with Crippen molar-refractivity contribution in [3.05, 3.63) is 95.7 Å². The SMILES string of the molecule is Cc1cc(C)n(-c2ccc(Nc3ccc(NC(=O)c4cc(-c5ccc(F)cc5)nn4C)cc3)nn2)n1. The highest BCUT2D eigenvalue weighted by Gasteiger charge is 2.15. The number of nitrogens with one attached hydrogen (secondary N) is 2. The van der Waals surface area contributed by atoms with Crippen molar-refractivity contribution in [2.75, 3.05) is 10.6 Å². The Morgan fingerprint density at radius 2 is 1.58 bits per heavy atom. The van der Waals surface area contributed by atoms with Crippen molar-refractivity contribution < 1.29 is 9.18 Å². The van der Waals surface area contributed by atoms with Crippen LogP contribution in [0.15, 0.2) is 72.8 Å². The minimum absolute atomic E-state index is 0.301. The van der Waals surface area contributed by atoms with Gasteiger partial charge in [0.05, 0.1) is 11.4 Å². The van der Waals surface area contributed by atoms with Gasteiger partial charge in [0, 0.05) is 29.7 Å². The van der Waals surface area contributed by atoms with Crippen LogP contribution in [-0.2, 0) is 7.05 Å². The molecule has 2 N–H and O–H groups in total. The first-order valence-corrected chi connectivity index (χ1v) is 11.2. The van der Waals surface area contributed by atoms with Crippen LogP contribution >= 0.6 is 0 Å². The molecule has 0 saturated heterocycles. The Hall–Kier alpha value is -4.86. The third kappa shape index (κ3) is 4.83. The van der Waals surface area contributed by atoms with Crippen molar-refractivity contribution in [3.63, 3.8) is 0 Å². The number of hydrogen-bond acceptors (Lipinski definition) is 6. The molecule has 3 aromatic heterocycles. The van der Waals surface area contributed by atoms with Crippen molar-refractivity contribution in [1.29, 1.82) is 0 Å². The van der Waals surface area contributed by atoms with Crippen molar-refractivity contribution >= 4 is 23.1 Å². The second-order valence-corrected chi connectivity index (χ2v) is 8.32. The van der Waals surface area contributed by atoms with Crippen LogP contribution in [0, 0.1) is 19.7 Å². The third-order valence-electron chi connectivity index (χ3n) is 5.54. The van der Waals surface area contributed by atoms with Crippen molar-refractivity contribution in [2.24, 2.45) is 7.05 Å². The van der Waals surface area contributed by atoms with Gasteiger partial charge in [0.15, 0.2) is 11.6 Å². The van der Waals surface area contributed by atoms with E-state index in [0.29, 0.717) is 28.7 Å². The van der Waals surface area contributed by atoms with E-state index in [-0.39, 0.29) is 11.7 Å². The molecule has 0 bridgehead atoms. The Kier molecular flexibility index (Phi) is 5.99. The molecule has 0 radical (unpaired) electrons. The highest BCUT2D eigenvalue weighted by atomic mass is 19.1. The molecule has 0 atom stereocenters. The van der Waals surface area contributed by atoms with Crippen LogP contribution in [0.3, 0.4) is 0 Å². The van der Waals surface area contributed by atoms with Crippen molar-refractivity contribution in [1.82, 2.24) is 29.8 Å². The van der Waals surface area contributed by atoms with Crippen LogP contribution < -0.4 is 10.6 Å². The first-order valence-electron chi connectivity index (χ1n) is 11.2. The molecular formula is C26H23FN8O. The number of amides is 1. The van der Waals surface area contributed by atoms with Crippen LogP contribution in [0.4, 0.5) is 21.6 Å². The Morgan fingerprint density at radius 3 is 2.22 bits per heavy atom. The molecule has 0 saturated carbocycles. The van der Waals surface area contributed by atoms with E-state index in [1.165, 1.54) is 16.8 Å². The zero-order valence-corrected chi connectivity index (χ0v) is 19.9. The summed E-state index contributed by atoms with van der Waals surface area (Å²) in [7, 11) is 1.69. The number of hydrogen-bond donors (Lipinski definition) is 2. The van der Waals surface area contributed by atoms with E-state index in [0.717, 1.165) is 22.6 Å². The predicted octanol–water partition coefficient (Wildman–Crippen LogP) is 4.81. The van der Waals surface area contributed by atoms with Gasteiger partial charge in [-0.1, -0.05) is 0 Å². The summed E-state index contributed by atoms with van der Waals surface area (Å²) in [4.78, 5) is 12.8. The average Bonchev–Trinajstić information content (AvgIpc) is 3.42. The lowest BCUT2D eigenvalue weighted by Crippen LogP contribution is -2.16. The van der Waals surface area contributed by atoms with Gasteiger partial charge in [0.25, 0.3) is 5.91 Å². The van der Waals surface area contributed by atoms with E-state index >= 15 is 0 Å². The number of aromatic nitrogens is 6. The Morgan fingerprint density at radius 1 is 0.861 bits per heavy atom. The summed E-state index contributed by atoms with van der Waals surface area (Å²) < 4.78 is 16.4. The van der Waals surface area contributed by atoms with Crippen molar-refractivity contribution in [3.8, 4) is 17.1 Å². The van der Waals surface area contributed by atoms with Crippen LogP contribution in [0.1, 0.15) is 21.9 Å².